The molecule has 0 fully saturated rings. The molecule has 98 valence electrons. The summed E-state index contributed by atoms with van der Waals surface area (Å²) in [6, 6.07) is 0.530. The van der Waals surface area contributed by atoms with E-state index in [0.29, 0.717) is 12.6 Å². The molecule has 16 heavy (non-hydrogen) atoms. The van der Waals surface area contributed by atoms with Crippen molar-refractivity contribution >= 4 is 10.0 Å². The first kappa shape index (κ1) is 15.9. The van der Waals surface area contributed by atoms with Gasteiger partial charge in [0, 0.05) is 12.6 Å². The van der Waals surface area contributed by atoms with Crippen molar-refractivity contribution in [3.8, 4) is 0 Å². The van der Waals surface area contributed by atoms with Gasteiger partial charge in [-0.3, -0.25) is 0 Å². The molecule has 1 unspecified atom stereocenters. The van der Waals surface area contributed by atoms with E-state index < -0.39 is 10.0 Å². The van der Waals surface area contributed by atoms with Crippen molar-refractivity contribution in [3.63, 3.8) is 0 Å². The average Bonchev–Trinajstić information content (AvgIpc) is 2.25. The molecule has 0 aromatic carbocycles. The van der Waals surface area contributed by atoms with Gasteiger partial charge in [0.05, 0.1) is 5.75 Å². The highest BCUT2D eigenvalue weighted by molar-refractivity contribution is 7.89. The summed E-state index contributed by atoms with van der Waals surface area (Å²) < 4.78 is 24.8. The van der Waals surface area contributed by atoms with Gasteiger partial charge in [0.25, 0.3) is 0 Å². The van der Waals surface area contributed by atoms with Crippen LogP contribution in [0.4, 0.5) is 0 Å². The first-order valence-electron chi connectivity index (χ1n) is 6.22. The normalized spacial score (nSPS) is 13.9. The van der Waals surface area contributed by atoms with Gasteiger partial charge in [0.2, 0.25) is 10.0 Å². The molecule has 5 heteroatoms. The van der Waals surface area contributed by atoms with Crippen LogP contribution in [0.3, 0.4) is 0 Å². The predicted octanol–water partition coefficient (Wildman–Crippen LogP) is 1.48. The van der Waals surface area contributed by atoms with Crippen LogP contribution in [0, 0.1) is 0 Å². The molecule has 0 heterocycles. The highest BCUT2D eigenvalue weighted by Gasteiger charge is 2.04. The van der Waals surface area contributed by atoms with E-state index in [-0.39, 0.29) is 5.75 Å². The van der Waals surface area contributed by atoms with Crippen LogP contribution in [0.2, 0.25) is 0 Å². The molecule has 0 amide bonds. The fourth-order valence-electron chi connectivity index (χ4n) is 1.38. The molecule has 0 aromatic rings. The Morgan fingerprint density at radius 3 is 2.38 bits per heavy atom. The monoisotopic (exact) mass is 250 g/mol. The van der Waals surface area contributed by atoms with Crippen LogP contribution in [0.15, 0.2) is 0 Å². The van der Waals surface area contributed by atoms with E-state index in [0.717, 1.165) is 13.0 Å². The Kier molecular flexibility index (Phi) is 8.89. The number of hydrogen-bond acceptors (Lipinski definition) is 3. The summed E-state index contributed by atoms with van der Waals surface area (Å²) in [4.78, 5) is 0. The molecular weight excluding hydrogens is 224 g/mol. The number of unbranched alkanes of at least 4 members (excludes halogenated alkanes) is 1. The number of sulfonamides is 1. The minimum absolute atomic E-state index is 0.160. The lowest BCUT2D eigenvalue weighted by molar-refractivity contribution is 0.488. The summed E-state index contributed by atoms with van der Waals surface area (Å²) in [5, 5.41) is 3.39. The third kappa shape index (κ3) is 9.12. The van der Waals surface area contributed by atoms with E-state index in [2.05, 4.69) is 23.9 Å². The van der Waals surface area contributed by atoms with E-state index in [9.17, 15) is 8.42 Å². The van der Waals surface area contributed by atoms with Crippen LogP contribution in [-0.4, -0.2) is 33.3 Å². The van der Waals surface area contributed by atoms with Crippen molar-refractivity contribution in [1.82, 2.24) is 10.0 Å². The predicted molar refractivity (Wildman–Crippen MR) is 69.1 cm³/mol. The van der Waals surface area contributed by atoms with E-state index in [1.54, 1.807) is 6.92 Å². The Morgan fingerprint density at radius 1 is 1.12 bits per heavy atom. The summed E-state index contributed by atoms with van der Waals surface area (Å²) in [6.07, 6.45) is 4.51. The summed E-state index contributed by atoms with van der Waals surface area (Å²) in [5.74, 6) is 0.160. The standard InChI is InChI=1S/C11H26N2O2S/c1-4-6-8-11(3)12-9-7-10-13-16(14,15)5-2/h11-13H,4-10H2,1-3H3. The number of hydrogen-bond donors (Lipinski definition) is 2. The fourth-order valence-corrected chi connectivity index (χ4v) is 2.04. The average molecular weight is 250 g/mol. The van der Waals surface area contributed by atoms with Crippen LogP contribution in [0.1, 0.15) is 46.5 Å². The van der Waals surface area contributed by atoms with Gasteiger partial charge in [-0.15, -0.1) is 0 Å². The second kappa shape index (κ2) is 8.96. The Labute approximate surface area is 100 Å². The largest absolute Gasteiger partial charge is 0.314 e. The van der Waals surface area contributed by atoms with Crippen LogP contribution < -0.4 is 10.0 Å². The lowest BCUT2D eigenvalue weighted by atomic mass is 10.1. The van der Waals surface area contributed by atoms with Crippen molar-refractivity contribution in [2.75, 3.05) is 18.8 Å². The van der Waals surface area contributed by atoms with Crippen molar-refractivity contribution in [1.29, 1.82) is 0 Å². The molecule has 0 saturated heterocycles. The smallest absolute Gasteiger partial charge is 0.211 e. The third-order valence-electron chi connectivity index (χ3n) is 2.54. The van der Waals surface area contributed by atoms with Gasteiger partial charge < -0.3 is 5.32 Å². The highest BCUT2D eigenvalue weighted by atomic mass is 32.2. The minimum atomic E-state index is -3.01. The quantitative estimate of drug-likeness (QED) is 0.577. The molecule has 0 aliphatic carbocycles. The van der Waals surface area contributed by atoms with E-state index in [4.69, 9.17) is 0 Å². The second-order valence-corrected chi connectivity index (χ2v) is 6.24. The van der Waals surface area contributed by atoms with E-state index in [1.165, 1.54) is 19.3 Å². The first-order valence-corrected chi connectivity index (χ1v) is 7.87. The first-order chi connectivity index (χ1) is 7.52. The fraction of sp³-hybridized carbons (Fsp3) is 1.00. The molecule has 0 aromatic heterocycles. The lowest BCUT2D eigenvalue weighted by Crippen LogP contribution is -2.31. The zero-order chi connectivity index (χ0) is 12.4. The Hall–Kier alpha value is -0.130. The molecule has 1 atom stereocenters. The summed E-state index contributed by atoms with van der Waals surface area (Å²) >= 11 is 0. The molecule has 0 saturated carbocycles. The van der Waals surface area contributed by atoms with Gasteiger partial charge in [0.1, 0.15) is 0 Å². The SMILES string of the molecule is CCCCC(C)NCCCNS(=O)(=O)CC. The summed E-state index contributed by atoms with van der Waals surface area (Å²) in [6.45, 7) is 7.41. The van der Waals surface area contributed by atoms with Crippen molar-refractivity contribution in [2.45, 2.75) is 52.5 Å². The van der Waals surface area contributed by atoms with Crippen LogP contribution >= 0.6 is 0 Å². The third-order valence-corrected chi connectivity index (χ3v) is 3.94. The molecule has 4 nitrogen and oxygen atoms in total. The van der Waals surface area contributed by atoms with E-state index in [1.807, 2.05) is 0 Å². The molecule has 2 N–H and O–H groups in total. The molecule has 0 aliphatic rings. The summed E-state index contributed by atoms with van der Waals surface area (Å²) in [5.41, 5.74) is 0. The van der Waals surface area contributed by atoms with Crippen LogP contribution in [-0.2, 0) is 10.0 Å². The van der Waals surface area contributed by atoms with Gasteiger partial charge in [-0.05, 0) is 33.2 Å². The van der Waals surface area contributed by atoms with Gasteiger partial charge in [-0.2, -0.15) is 0 Å². The molecule has 0 spiro atoms. The van der Waals surface area contributed by atoms with Crippen LogP contribution in [0.5, 0.6) is 0 Å². The van der Waals surface area contributed by atoms with Crippen LogP contribution in [0.25, 0.3) is 0 Å². The molecule has 0 radical (unpaired) electrons. The molecular formula is C11H26N2O2S. The Balaban J connectivity index is 3.40. The zero-order valence-electron chi connectivity index (χ0n) is 10.8. The van der Waals surface area contributed by atoms with Crippen molar-refractivity contribution in [2.24, 2.45) is 0 Å². The van der Waals surface area contributed by atoms with Crippen molar-refractivity contribution in [3.05, 3.63) is 0 Å². The zero-order valence-corrected chi connectivity index (χ0v) is 11.6. The summed E-state index contributed by atoms with van der Waals surface area (Å²) in [7, 11) is -3.01. The lowest BCUT2D eigenvalue weighted by Gasteiger charge is -2.13. The van der Waals surface area contributed by atoms with Gasteiger partial charge in [-0.25, -0.2) is 13.1 Å². The maximum atomic E-state index is 11.1. The maximum Gasteiger partial charge on any atom is 0.211 e. The van der Waals surface area contributed by atoms with Crippen molar-refractivity contribution < 1.29 is 8.42 Å². The second-order valence-electron chi connectivity index (χ2n) is 4.15. The van der Waals surface area contributed by atoms with Gasteiger partial charge in [0.15, 0.2) is 0 Å². The topological polar surface area (TPSA) is 58.2 Å². The number of rotatable bonds is 10. The van der Waals surface area contributed by atoms with Gasteiger partial charge >= 0.3 is 0 Å². The Bertz CT molecular complexity index is 253. The van der Waals surface area contributed by atoms with E-state index >= 15 is 0 Å². The minimum Gasteiger partial charge on any atom is -0.314 e. The molecule has 0 rings (SSSR count). The Morgan fingerprint density at radius 2 is 1.81 bits per heavy atom. The van der Waals surface area contributed by atoms with Gasteiger partial charge in [-0.1, -0.05) is 19.8 Å². The number of nitrogens with one attached hydrogen (secondary N) is 2. The maximum absolute atomic E-state index is 11.1. The molecule has 0 aliphatic heterocycles. The highest BCUT2D eigenvalue weighted by Crippen LogP contribution is 1.98. The molecule has 0 bridgehead atoms.